The predicted molar refractivity (Wildman–Crippen MR) is 131 cm³/mol. The van der Waals surface area contributed by atoms with Crippen LogP contribution in [0.25, 0.3) is 0 Å². The van der Waals surface area contributed by atoms with E-state index in [9.17, 15) is 25.5 Å². The number of aliphatic hydroxyl groups is 5. The van der Waals surface area contributed by atoms with Gasteiger partial charge in [-0.25, -0.2) is 0 Å². The largest absolute Gasteiger partial charge is 0.394 e. The Kier molecular flexibility index (Phi) is 10.6. The van der Waals surface area contributed by atoms with Crippen molar-refractivity contribution in [2.45, 2.75) is 74.6 Å². The summed E-state index contributed by atoms with van der Waals surface area (Å²) in [5.74, 6) is 0. The standard InChI is InChI=1S/C27H36O11/c1-33-27-25(35-15-17-10-6-3-7-11-17)24(38-26-22(32)21(31)20(30)18(12-28)36-26)23(19(13-29)37-27)34-14-16-8-4-2-5-9-16/h2-11,18-32H,12-15H2,1H3/t18-,19-,20+,21+,22-,23-,24+,25-,26+,27+/m1/s1. The van der Waals surface area contributed by atoms with Crippen LogP contribution in [0.1, 0.15) is 11.1 Å². The molecule has 0 aliphatic carbocycles. The second-order valence-electron chi connectivity index (χ2n) is 9.28. The Morgan fingerprint density at radius 3 is 1.68 bits per heavy atom. The zero-order valence-electron chi connectivity index (χ0n) is 21.1. The minimum absolute atomic E-state index is 0.156. The fourth-order valence-corrected chi connectivity index (χ4v) is 4.62. The molecule has 38 heavy (non-hydrogen) atoms. The van der Waals surface area contributed by atoms with Gasteiger partial charge >= 0.3 is 0 Å². The monoisotopic (exact) mass is 536 g/mol. The van der Waals surface area contributed by atoms with Gasteiger partial charge in [0.2, 0.25) is 0 Å². The average molecular weight is 537 g/mol. The van der Waals surface area contributed by atoms with Crippen LogP contribution in [0.4, 0.5) is 0 Å². The van der Waals surface area contributed by atoms with Gasteiger partial charge in [-0.05, 0) is 11.1 Å². The van der Waals surface area contributed by atoms with Crippen LogP contribution in [-0.4, -0.2) is 107 Å². The zero-order chi connectivity index (χ0) is 27.1. The lowest BCUT2D eigenvalue weighted by atomic mass is 9.96. The highest BCUT2D eigenvalue weighted by atomic mass is 16.7. The number of aliphatic hydroxyl groups excluding tert-OH is 5. The molecule has 2 aliphatic heterocycles. The topological polar surface area (TPSA) is 157 Å². The van der Waals surface area contributed by atoms with E-state index in [4.69, 9.17) is 28.4 Å². The number of methoxy groups -OCH3 is 1. The first-order valence-electron chi connectivity index (χ1n) is 12.5. The van der Waals surface area contributed by atoms with Gasteiger partial charge in [-0.3, -0.25) is 0 Å². The number of ether oxygens (including phenoxy) is 6. The molecule has 0 unspecified atom stereocenters. The van der Waals surface area contributed by atoms with Gasteiger partial charge in [0.05, 0.1) is 26.4 Å². The van der Waals surface area contributed by atoms with Crippen LogP contribution in [0.3, 0.4) is 0 Å². The minimum Gasteiger partial charge on any atom is -0.394 e. The Bertz CT molecular complexity index is 889. The zero-order valence-corrected chi connectivity index (χ0v) is 21.1. The molecule has 0 bridgehead atoms. The predicted octanol–water partition coefficient (Wildman–Crippen LogP) is -0.294. The quantitative estimate of drug-likeness (QED) is 0.257. The van der Waals surface area contributed by atoms with Crippen molar-refractivity contribution in [3.63, 3.8) is 0 Å². The van der Waals surface area contributed by atoms with Crippen LogP contribution in [0, 0.1) is 0 Å². The average Bonchev–Trinajstić information content (AvgIpc) is 2.96. The molecule has 0 saturated carbocycles. The van der Waals surface area contributed by atoms with Gasteiger partial charge in [-0.2, -0.15) is 0 Å². The molecule has 210 valence electrons. The summed E-state index contributed by atoms with van der Waals surface area (Å²) in [6, 6.07) is 18.8. The molecule has 2 aromatic rings. The highest BCUT2D eigenvalue weighted by Gasteiger charge is 2.52. The molecule has 11 nitrogen and oxygen atoms in total. The highest BCUT2D eigenvalue weighted by Crippen LogP contribution is 2.33. The summed E-state index contributed by atoms with van der Waals surface area (Å²) in [4.78, 5) is 0. The van der Waals surface area contributed by atoms with Crippen molar-refractivity contribution in [3.8, 4) is 0 Å². The fraction of sp³-hybridized carbons (Fsp3) is 0.556. The Hall–Kier alpha value is -2.00. The number of rotatable bonds is 11. The van der Waals surface area contributed by atoms with E-state index in [1.54, 1.807) is 0 Å². The molecule has 0 amide bonds. The molecule has 4 rings (SSSR count). The maximum atomic E-state index is 10.7. The van der Waals surface area contributed by atoms with E-state index in [-0.39, 0.29) is 13.2 Å². The van der Waals surface area contributed by atoms with Gasteiger partial charge in [0.15, 0.2) is 12.6 Å². The molecular formula is C27H36O11. The smallest absolute Gasteiger partial charge is 0.187 e. The number of hydrogen-bond donors (Lipinski definition) is 5. The molecule has 0 radical (unpaired) electrons. The summed E-state index contributed by atoms with van der Waals surface area (Å²) in [7, 11) is 1.42. The highest BCUT2D eigenvalue weighted by molar-refractivity contribution is 5.14. The van der Waals surface area contributed by atoms with Crippen molar-refractivity contribution in [2.75, 3.05) is 20.3 Å². The molecule has 2 fully saturated rings. The van der Waals surface area contributed by atoms with Crippen molar-refractivity contribution >= 4 is 0 Å². The Labute approximate surface area is 221 Å². The summed E-state index contributed by atoms with van der Waals surface area (Å²) in [5, 5.41) is 50.9. The molecule has 0 spiro atoms. The first kappa shape index (κ1) is 29.0. The molecule has 2 aliphatic rings. The van der Waals surface area contributed by atoms with E-state index in [1.165, 1.54) is 7.11 Å². The number of benzene rings is 2. The van der Waals surface area contributed by atoms with Crippen molar-refractivity contribution in [2.24, 2.45) is 0 Å². The third-order valence-corrected chi connectivity index (χ3v) is 6.71. The van der Waals surface area contributed by atoms with E-state index < -0.39 is 74.6 Å². The number of hydrogen-bond acceptors (Lipinski definition) is 11. The minimum atomic E-state index is -1.64. The van der Waals surface area contributed by atoms with Crippen LogP contribution in [-0.2, 0) is 41.6 Å². The molecule has 2 heterocycles. The molecular weight excluding hydrogens is 500 g/mol. The second-order valence-corrected chi connectivity index (χ2v) is 9.28. The normalized spacial score (nSPS) is 35.7. The summed E-state index contributed by atoms with van der Waals surface area (Å²) < 4.78 is 35.7. The summed E-state index contributed by atoms with van der Waals surface area (Å²) in [6.45, 7) is -0.721. The second kappa shape index (κ2) is 13.9. The lowest BCUT2D eigenvalue weighted by Gasteiger charge is -2.48. The van der Waals surface area contributed by atoms with Gasteiger partial charge in [0, 0.05) is 7.11 Å². The molecule has 10 atom stereocenters. The van der Waals surface area contributed by atoms with Crippen LogP contribution in [0.5, 0.6) is 0 Å². The third kappa shape index (κ3) is 6.76. The first-order chi connectivity index (χ1) is 18.5. The van der Waals surface area contributed by atoms with E-state index in [0.29, 0.717) is 0 Å². The molecule has 2 aromatic carbocycles. The van der Waals surface area contributed by atoms with Crippen LogP contribution < -0.4 is 0 Å². The van der Waals surface area contributed by atoms with Gasteiger partial charge in [0.1, 0.15) is 48.8 Å². The maximum Gasteiger partial charge on any atom is 0.187 e. The summed E-state index contributed by atoms with van der Waals surface area (Å²) >= 11 is 0. The van der Waals surface area contributed by atoms with Crippen molar-refractivity contribution < 1.29 is 54.0 Å². The SMILES string of the molecule is CO[C@H]1O[C@H](CO)[C@@H](OCc2ccccc2)[C@H](O[C@@H]2O[C@H](CO)[C@H](O)[C@H](O)[C@H]2O)[C@H]1OCc1ccccc1. The van der Waals surface area contributed by atoms with E-state index in [0.717, 1.165) is 11.1 Å². The Morgan fingerprint density at radius 1 is 0.632 bits per heavy atom. The van der Waals surface area contributed by atoms with E-state index in [2.05, 4.69) is 0 Å². The van der Waals surface area contributed by atoms with E-state index >= 15 is 0 Å². The third-order valence-electron chi connectivity index (χ3n) is 6.71. The molecule has 2 saturated heterocycles. The Morgan fingerprint density at radius 2 is 1.16 bits per heavy atom. The molecule has 5 N–H and O–H groups in total. The van der Waals surface area contributed by atoms with Crippen molar-refractivity contribution in [1.82, 2.24) is 0 Å². The van der Waals surface area contributed by atoms with Crippen molar-refractivity contribution in [1.29, 1.82) is 0 Å². The van der Waals surface area contributed by atoms with E-state index in [1.807, 2.05) is 60.7 Å². The van der Waals surface area contributed by atoms with Gasteiger partial charge in [-0.15, -0.1) is 0 Å². The van der Waals surface area contributed by atoms with Crippen molar-refractivity contribution in [3.05, 3.63) is 71.8 Å². The molecule has 11 heteroatoms. The van der Waals surface area contributed by atoms with Gasteiger partial charge in [-0.1, -0.05) is 60.7 Å². The van der Waals surface area contributed by atoms with Gasteiger partial charge < -0.3 is 54.0 Å². The van der Waals surface area contributed by atoms with Gasteiger partial charge in [0.25, 0.3) is 0 Å². The Balaban J connectivity index is 1.62. The lowest BCUT2D eigenvalue weighted by molar-refractivity contribution is -0.367. The van der Waals surface area contributed by atoms with Crippen LogP contribution in [0.2, 0.25) is 0 Å². The first-order valence-corrected chi connectivity index (χ1v) is 12.5. The fourth-order valence-electron chi connectivity index (χ4n) is 4.62. The summed E-state index contributed by atoms with van der Waals surface area (Å²) in [6.07, 6.45) is -12.2. The summed E-state index contributed by atoms with van der Waals surface area (Å²) in [5.41, 5.74) is 1.74. The lowest BCUT2D eigenvalue weighted by Crippen LogP contribution is -2.65. The molecule has 0 aromatic heterocycles. The van der Waals surface area contributed by atoms with Crippen LogP contribution >= 0.6 is 0 Å². The van der Waals surface area contributed by atoms with Crippen LogP contribution in [0.15, 0.2) is 60.7 Å². The maximum absolute atomic E-state index is 10.7.